The molecule has 0 spiro atoms. The first-order chi connectivity index (χ1) is 17.5. The fourth-order valence-electron chi connectivity index (χ4n) is 4.42. The third-order valence-corrected chi connectivity index (χ3v) is 6.61. The number of morpholine rings is 1. The molecule has 1 aromatic carbocycles. The first kappa shape index (κ1) is 28.4. The Balaban J connectivity index is 1.96. The van der Waals surface area contributed by atoms with Crippen molar-refractivity contribution in [2.24, 2.45) is 4.99 Å². The van der Waals surface area contributed by atoms with Crippen LogP contribution in [0.2, 0.25) is 0 Å². The van der Waals surface area contributed by atoms with Crippen LogP contribution in [-0.2, 0) is 16.0 Å². The van der Waals surface area contributed by atoms with Gasteiger partial charge in [0.25, 0.3) is 5.91 Å². The van der Waals surface area contributed by atoms with Crippen molar-refractivity contribution in [3.05, 3.63) is 64.6 Å². The van der Waals surface area contributed by atoms with E-state index in [0.29, 0.717) is 37.6 Å². The largest absolute Gasteiger partial charge is 0.493 e. The number of benzene rings is 1. The number of ether oxygens (including phenoxy) is 3. The predicted octanol–water partition coefficient (Wildman–Crippen LogP) is 5.54. The van der Waals surface area contributed by atoms with Crippen LogP contribution in [0.4, 0.5) is 0 Å². The molecule has 1 aliphatic rings. The van der Waals surface area contributed by atoms with Crippen LogP contribution in [0.3, 0.4) is 0 Å². The van der Waals surface area contributed by atoms with Gasteiger partial charge in [-0.05, 0) is 96.2 Å². The third-order valence-electron chi connectivity index (χ3n) is 6.61. The van der Waals surface area contributed by atoms with Crippen molar-refractivity contribution in [3.63, 3.8) is 0 Å². The standard InChI is InChI=1S/C30H41N3O4/c1-20(2)37-27-16-22(4)24(17-26(27)35-8)12-11-21(3)28(32-23(5)25-10-9-13-31-18-25)29(34)33-14-15-36-19-30(33,6)7/h9-10,13,16-18,20H,11-12,14-15,19H2,1-8H3/b28-21+,32-23+. The fraction of sp³-hybridized carbons (Fsp3) is 0.500. The molecule has 0 N–H and O–H groups in total. The average molecular weight is 508 g/mol. The van der Waals surface area contributed by atoms with Gasteiger partial charge in [-0.15, -0.1) is 0 Å². The van der Waals surface area contributed by atoms with E-state index in [-0.39, 0.29) is 12.0 Å². The highest BCUT2D eigenvalue weighted by Gasteiger charge is 2.36. The summed E-state index contributed by atoms with van der Waals surface area (Å²) in [7, 11) is 1.66. The van der Waals surface area contributed by atoms with Gasteiger partial charge in [0.05, 0.1) is 32.0 Å². The topological polar surface area (TPSA) is 73.3 Å². The highest BCUT2D eigenvalue weighted by molar-refractivity contribution is 6.03. The maximum absolute atomic E-state index is 13.9. The van der Waals surface area contributed by atoms with Crippen LogP contribution in [0, 0.1) is 6.92 Å². The van der Waals surface area contributed by atoms with E-state index in [9.17, 15) is 4.79 Å². The Morgan fingerprint density at radius 2 is 2.00 bits per heavy atom. The van der Waals surface area contributed by atoms with Gasteiger partial charge < -0.3 is 19.1 Å². The molecule has 0 radical (unpaired) electrons. The van der Waals surface area contributed by atoms with Gasteiger partial charge in [-0.3, -0.25) is 9.78 Å². The smallest absolute Gasteiger partial charge is 0.273 e. The number of nitrogens with zero attached hydrogens (tertiary/aromatic N) is 3. The van der Waals surface area contributed by atoms with E-state index in [4.69, 9.17) is 19.2 Å². The highest BCUT2D eigenvalue weighted by atomic mass is 16.5. The van der Waals surface area contributed by atoms with Crippen molar-refractivity contribution in [1.82, 2.24) is 9.88 Å². The number of aliphatic imine (C=N–C) groups is 1. The predicted molar refractivity (Wildman–Crippen MR) is 148 cm³/mol. The van der Waals surface area contributed by atoms with Gasteiger partial charge in [0, 0.05) is 30.2 Å². The van der Waals surface area contributed by atoms with Crippen molar-refractivity contribution >= 4 is 11.6 Å². The Bertz CT molecular complexity index is 1150. The molecule has 7 nitrogen and oxygen atoms in total. The molecule has 1 fully saturated rings. The Morgan fingerprint density at radius 3 is 2.62 bits per heavy atom. The summed E-state index contributed by atoms with van der Waals surface area (Å²) in [5.74, 6) is 1.39. The number of aromatic nitrogens is 1. The molecule has 2 heterocycles. The summed E-state index contributed by atoms with van der Waals surface area (Å²) in [5, 5.41) is 0. The summed E-state index contributed by atoms with van der Waals surface area (Å²) in [5.41, 5.74) is 4.95. The lowest BCUT2D eigenvalue weighted by atomic mass is 9.97. The summed E-state index contributed by atoms with van der Waals surface area (Å²) in [4.78, 5) is 24.9. The monoisotopic (exact) mass is 507 g/mol. The van der Waals surface area contributed by atoms with Gasteiger partial charge in [-0.1, -0.05) is 6.07 Å². The molecule has 200 valence electrons. The van der Waals surface area contributed by atoms with Crippen molar-refractivity contribution in [2.75, 3.05) is 26.9 Å². The van der Waals surface area contributed by atoms with Gasteiger partial charge in [0.2, 0.25) is 0 Å². The SMILES string of the molecule is COc1cc(CC/C(C)=C(/N=C(\C)c2cccnc2)C(=O)N2CCOCC2(C)C)c(C)cc1OC(C)C. The van der Waals surface area contributed by atoms with Crippen LogP contribution >= 0.6 is 0 Å². The summed E-state index contributed by atoms with van der Waals surface area (Å²) in [6.07, 6.45) is 4.99. The second-order valence-electron chi connectivity index (χ2n) is 10.5. The lowest BCUT2D eigenvalue weighted by Crippen LogP contribution is -2.55. The maximum atomic E-state index is 13.9. The normalized spacial score (nSPS) is 16.5. The zero-order chi connectivity index (χ0) is 27.2. The molecule has 0 saturated carbocycles. The second kappa shape index (κ2) is 12.4. The van der Waals surface area contributed by atoms with Gasteiger partial charge in [-0.2, -0.15) is 0 Å². The molecule has 1 saturated heterocycles. The Morgan fingerprint density at radius 1 is 1.24 bits per heavy atom. The number of allylic oxidation sites excluding steroid dienone is 1. The minimum absolute atomic E-state index is 0.0586. The molecular formula is C30H41N3O4. The van der Waals surface area contributed by atoms with Gasteiger partial charge in [0.15, 0.2) is 11.5 Å². The Kier molecular flexibility index (Phi) is 9.49. The van der Waals surface area contributed by atoms with Crippen LogP contribution in [0.15, 0.2) is 52.9 Å². The molecule has 2 aromatic rings. The third kappa shape index (κ3) is 7.19. The number of hydrogen-bond donors (Lipinski definition) is 0. The molecule has 0 atom stereocenters. The first-order valence-corrected chi connectivity index (χ1v) is 12.9. The van der Waals surface area contributed by atoms with E-state index in [2.05, 4.69) is 11.9 Å². The van der Waals surface area contributed by atoms with Gasteiger partial charge in [0.1, 0.15) is 5.70 Å². The second-order valence-corrected chi connectivity index (χ2v) is 10.5. The lowest BCUT2D eigenvalue weighted by Gasteiger charge is -2.42. The van der Waals surface area contributed by atoms with Gasteiger partial charge in [-0.25, -0.2) is 4.99 Å². The van der Waals surface area contributed by atoms with Crippen LogP contribution in [0.1, 0.15) is 64.7 Å². The maximum Gasteiger partial charge on any atom is 0.273 e. The Hall–Kier alpha value is -3.19. The van der Waals surface area contributed by atoms with Crippen LogP contribution < -0.4 is 9.47 Å². The van der Waals surface area contributed by atoms with E-state index < -0.39 is 5.54 Å². The van der Waals surface area contributed by atoms with Crippen LogP contribution in [0.5, 0.6) is 11.5 Å². The molecule has 3 rings (SSSR count). The molecule has 37 heavy (non-hydrogen) atoms. The summed E-state index contributed by atoms with van der Waals surface area (Å²) in [6, 6.07) is 7.90. The van der Waals surface area contributed by atoms with E-state index >= 15 is 0 Å². The molecule has 0 unspecified atom stereocenters. The highest BCUT2D eigenvalue weighted by Crippen LogP contribution is 2.33. The lowest BCUT2D eigenvalue weighted by molar-refractivity contribution is -0.142. The summed E-state index contributed by atoms with van der Waals surface area (Å²) < 4.78 is 17.2. The van der Waals surface area contributed by atoms with E-state index in [1.165, 1.54) is 0 Å². The quantitative estimate of drug-likeness (QED) is 0.329. The Labute approximate surface area is 221 Å². The number of carbonyl (C=O) groups is 1. The van der Waals surface area contributed by atoms with E-state index in [1.807, 2.05) is 70.7 Å². The number of aryl methyl sites for hydroxylation is 2. The molecular weight excluding hydrogens is 466 g/mol. The number of rotatable bonds is 9. The summed E-state index contributed by atoms with van der Waals surface area (Å²) in [6.45, 7) is 15.6. The van der Waals surface area contributed by atoms with E-state index in [0.717, 1.165) is 40.1 Å². The van der Waals surface area contributed by atoms with Crippen molar-refractivity contribution in [3.8, 4) is 11.5 Å². The van der Waals surface area contributed by atoms with E-state index in [1.54, 1.807) is 19.5 Å². The zero-order valence-corrected chi connectivity index (χ0v) is 23.6. The molecule has 1 amide bonds. The minimum Gasteiger partial charge on any atom is -0.493 e. The number of carbonyl (C=O) groups excluding carboxylic acids is 1. The number of hydrogen-bond acceptors (Lipinski definition) is 6. The summed E-state index contributed by atoms with van der Waals surface area (Å²) >= 11 is 0. The van der Waals surface area contributed by atoms with Crippen LogP contribution in [-0.4, -0.2) is 60.0 Å². The zero-order valence-electron chi connectivity index (χ0n) is 23.6. The molecule has 7 heteroatoms. The molecule has 0 aliphatic carbocycles. The molecule has 1 aromatic heterocycles. The molecule has 0 bridgehead atoms. The number of pyridine rings is 1. The molecule has 1 aliphatic heterocycles. The van der Waals surface area contributed by atoms with Crippen LogP contribution in [0.25, 0.3) is 0 Å². The first-order valence-electron chi connectivity index (χ1n) is 12.9. The van der Waals surface area contributed by atoms with Crippen molar-refractivity contribution in [1.29, 1.82) is 0 Å². The van der Waals surface area contributed by atoms with Gasteiger partial charge >= 0.3 is 0 Å². The minimum atomic E-state index is -0.408. The number of methoxy groups -OCH3 is 1. The van der Waals surface area contributed by atoms with Crippen molar-refractivity contribution in [2.45, 2.75) is 73.0 Å². The fourth-order valence-corrected chi connectivity index (χ4v) is 4.42. The van der Waals surface area contributed by atoms with Crippen molar-refractivity contribution < 1.29 is 19.0 Å². The average Bonchev–Trinajstić information content (AvgIpc) is 2.86. The number of amides is 1.